The quantitative estimate of drug-likeness (QED) is 0.540. The third-order valence-electron chi connectivity index (χ3n) is 3.67. The van der Waals surface area contributed by atoms with Crippen molar-refractivity contribution in [2.75, 3.05) is 4.90 Å². The van der Waals surface area contributed by atoms with Crippen LogP contribution in [-0.4, -0.2) is 11.0 Å². The Morgan fingerprint density at radius 2 is 1.69 bits per heavy atom. The lowest BCUT2D eigenvalue weighted by molar-refractivity contribution is -0.115. The Kier molecular flexibility index (Phi) is 5.96. The number of hydrogen-bond acceptors (Lipinski definition) is 3. The summed E-state index contributed by atoms with van der Waals surface area (Å²) in [7, 11) is 0. The summed E-state index contributed by atoms with van der Waals surface area (Å²) >= 11 is 5.48. The predicted molar refractivity (Wildman–Crippen MR) is 108 cm³/mol. The van der Waals surface area contributed by atoms with E-state index < -0.39 is 0 Å². The van der Waals surface area contributed by atoms with E-state index in [2.05, 4.69) is 5.32 Å². The summed E-state index contributed by atoms with van der Waals surface area (Å²) in [4.78, 5) is 14.1. The zero-order valence-electron chi connectivity index (χ0n) is 14.0. The first kappa shape index (κ1) is 17.6. The average Bonchev–Trinajstić information content (AvgIpc) is 3.19. The minimum atomic E-state index is -0.305. The van der Waals surface area contributed by atoms with Crippen molar-refractivity contribution < 1.29 is 9.21 Å². The van der Waals surface area contributed by atoms with Crippen LogP contribution in [0.2, 0.25) is 0 Å². The molecule has 0 radical (unpaired) electrons. The van der Waals surface area contributed by atoms with Crippen molar-refractivity contribution in [3.05, 3.63) is 96.5 Å². The molecule has 3 aromatic rings. The van der Waals surface area contributed by atoms with E-state index in [1.807, 2.05) is 65.6 Å². The van der Waals surface area contributed by atoms with E-state index in [-0.39, 0.29) is 5.91 Å². The van der Waals surface area contributed by atoms with Crippen molar-refractivity contribution in [1.29, 1.82) is 0 Å². The van der Waals surface area contributed by atoms with Crippen molar-refractivity contribution in [3.8, 4) is 0 Å². The summed E-state index contributed by atoms with van der Waals surface area (Å²) < 4.78 is 5.17. The number of hydrogen-bond donors (Lipinski definition) is 1. The Morgan fingerprint density at radius 1 is 1.00 bits per heavy atom. The Balaban J connectivity index is 1.73. The second kappa shape index (κ2) is 8.78. The lowest BCUT2D eigenvalue weighted by Crippen LogP contribution is -2.41. The first-order valence-electron chi connectivity index (χ1n) is 8.15. The van der Waals surface area contributed by atoms with E-state index >= 15 is 0 Å². The number of furan rings is 1. The Bertz CT molecular complexity index is 875. The Hall–Kier alpha value is -3.18. The van der Waals surface area contributed by atoms with Gasteiger partial charge in [0.2, 0.25) is 5.91 Å². The van der Waals surface area contributed by atoms with Gasteiger partial charge in [0.25, 0.3) is 0 Å². The molecule has 0 aliphatic carbocycles. The Morgan fingerprint density at radius 3 is 2.35 bits per heavy atom. The van der Waals surface area contributed by atoms with E-state index in [4.69, 9.17) is 16.6 Å². The zero-order chi connectivity index (χ0) is 18.2. The summed E-state index contributed by atoms with van der Waals surface area (Å²) in [6, 6.07) is 23.2. The van der Waals surface area contributed by atoms with Gasteiger partial charge in [-0.25, -0.2) is 0 Å². The van der Waals surface area contributed by atoms with Gasteiger partial charge < -0.3 is 9.32 Å². The molecule has 1 aromatic heterocycles. The van der Waals surface area contributed by atoms with E-state index in [9.17, 15) is 4.79 Å². The van der Waals surface area contributed by atoms with Crippen molar-refractivity contribution in [2.24, 2.45) is 0 Å². The highest BCUT2D eigenvalue weighted by Gasteiger charge is 2.14. The minimum absolute atomic E-state index is 0.305. The standard InChI is InChI=1S/C21H18N2O2S/c24-20(14-13-19-12-7-15-25-19)22-21(26)23(18-10-5-2-6-11-18)16-17-8-3-1-4-9-17/h1-15H,16H2,(H,22,24,26)/b14-13-. The van der Waals surface area contributed by atoms with Crippen LogP contribution in [0.3, 0.4) is 0 Å². The Labute approximate surface area is 157 Å². The third kappa shape index (κ3) is 4.91. The molecule has 1 N–H and O–H groups in total. The van der Waals surface area contributed by atoms with Gasteiger partial charge in [0.1, 0.15) is 5.76 Å². The molecule has 0 atom stereocenters. The van der Waals surface area contributed by atoms with Gasteiger partial charge in [0, 0.05) is 11.8 Å². The van der Waals surface area contributed by atoms with Crippen LogP contribution in [0.25, 0.3) is 6.08 Å². The van der Waals surface area contributed by atoms with Gasteiger partial charge in [0.15, 0.2) is 5.11 Å². The number of nitrogens with zero attached hydrogens (tertiary/aromatic N) is 1. The van der Waals surface area contributed by atoms with Gasteiger partial charge in [0.05, 0.1) is 12.8 Å². The van der Waals surface area contributed by atoms with Crippen molar-refractivity contribution in [1.82, 2.24) is 5.32 Å². The number of thiocarbonyl (C=S) groups is 1. The maximum absolute atomic E-state index is 12.2. The zero-order valence-corrected chi connectivity index (χ0v) is 14.9. The van der Waals surface area contributed by atoms with E-state index in [0.29, 0.717) is 17.4 Å². The van der Waals surface area contributed by atoms with Gasteiger partial charge in [-0.2, -0.15) is 0 Å². The number of anilines is 1. The topological polar surface area (TPSA) is 45.5 Å². The van der Waals surface area contributed by atoms with Crippen LogP contribution in [0, 0.1) is 0 Å². The van der Waals surface area contributed by atoms with Crippen molar-refractivity contribution in [2.45, 2.75) is 6.54 Å². The molecule has 0 unspecified atom stereocenters. The molecule has 0 bridgehead atoms. The number of benzene rings is 2. The molecule has 0 saturated carbocycles. The molecule has 0 aliphatic rings. The molecule has 0 fully saturated rings. The summed E-state index contributed by atoms with van der Waals surface area (Å²) in [5.41, 5.74) is 2.01. The van der Waals surface area contributed by atoms with Gasteiger partial charge in [-0.3, -0.25) is 10.1 Å². The summed E-state index contributed by atoms with van der Waals surface area (Å²) in [5, 5.41) is 3.09. The van der Waals surface area contributed by atoms with Crippen LogP contribution in [0.5, 0.6) is 0 Å². The number of carbonyl (C=O) groups excluding carboxylic acids is 1. The highest BCUT2D eigenvalue weighted by molar-refractivity contribution is 7.80. The van der Waals surface area contributed by atoms with E-state index in [1.54, 1.807) is 24.5 Å². The van der Waals surface area contributed by atoms with E-state index in [1.165, 1.54) is 6.08 Å². The van der Waals surface area contributed by atoms with Gasteiger partial charge in [-0.15, -0.1) is 0 Å². The number of amides is 1. The van der Waals surface area contributed by atoms with Crippen molar-refractivity contribution in [3.63, 3.8) is 0 Å². The monoisotopic (exact) mass is 362 g/mol. The molecule has 1 amide bonds. The van der Waals surface area contributed by atoms with Crippen molar-refractivity contribution >= 4 is 35.0 Å². The second-order valence-corrected chi connectivity index (χ2v) is 5.94. The highest BCUT2D eigenvalue weighted by Crippen LogP contribution is 2.17. The predicted octanol–water partition coefficient (Wildman–Crippen LogP) is 4.40. The lowest BCUT2D eigenvalue weighted by Gasteiger charge is -2.25. The summed E-state index contributed by atoms with van der Waals surface area (Å²) in [5.74, 6) is 0.302. The largest absolute Gasteiger partial charge is 0.465 e. The number of rotatable bonds is 5. The molecule has 5 heteroatoms. The number of nitrogens with one attached hydrogen (secondary N) is 1. The van der Waals surface area contributed by atoms with Crippen LogP contribution in [0.4, 0.5) is 5.69 Å². The first-order chi connectivity index (χ1) is 12.7. The van der Waals surface area contributed by atoms with Gasteiger partial charge in [-0.1, -0.05) is 48.5 Å². The molecule has 4 nitrogen and oxygen atoms in total. The number of para-hydroxylation sites is 1. The molecular formula is C21H18N2O2S. The molecule has 0 spiro atoms. The lowest BCUT2D eigenvalue weighted by atomic mass is 10.2. The molecular weight excluding hydrogens is 344 g/mol. The molecule has 26 heavy (non-hydrogen) atoms. The SMILES string of the molecule is O=C(/C=C\c1ccco1)NC(=S)N(Cc1ccccc1)c1ccccc1. The van der Waals surface area contributed by atoms with Gasteiger partial charge >= 0.3 is 0 Å². The molecule has 0 saturated heterocycles. The molecule has 3 rings (SSSR count). The smallest absolute Gasteiger partial charge is 0.250 e. The van der Waals surface area contributed by atoms with Crippen LogP contribution in [-0.2, 0) is 11.3 Å². The second-order valence-electron chi connectivity index (χ2n) is 5.55. The minimum Gasteiger partial charge on any atom is -0.465 e. The maximum atomic E-state index is 12.2. The average molecular weight is 362 g/mol. The maximum Gasteiger partial charge on any atom is 0.250 e. The van der Waals surface area contributed by atoms with Crippen LogP contribution < -0.4 is 10.2 Å². The van der Waals surface area contributed by atoms with Gasteiger partial charge in [-0.05, 0) is 48.1 Å². The fraction of sp³-hybridized carbons (Fsp3) is 0.0476. The normalized spacial score (nSPS) is 10.6. The fourth-order valence-electron chi connectivity index (χ4n) is 2.41. The molecule has 0 aliphatic heterocycles. The third-order valence-corrected chi connectivity index (χ3v) is 3.99. The molecule has 130 valence electrons. The highest BCUT2D eigenvalue weighted by atomic mass is 32.1. The molecule has 1 heterocycles. The fourth-order valence-corrected chi connectivity index (χ4v) is 2.68. The molecule has 2 aromatic carbocycles. The van der Waals surface area contributed by atoms with Crippen LogP contribution >= 0.6 is 12.2 Å². The summed E-state index contributed by atoms with van der Waals surface area (Å²) in [6.45, 7) is 0.561. The first-order valence-corrected chi connectivity index (χ1v) is 8.56. The van der Waals surface area contributed by atoms with Crippen LogP contribution in [0.1, 0.15) is 11.3 Å². The van der Waals surface area contributed by atoms with Crippen LogP contribution in [0.15, 0.2) is 89.6 Å². The number of carbonyl (C=O) groups is 1. The summed E-state index contributed by atoms with van der Waals surface area (Å²) in [6.07, 6.45) is 4.55. The van der Waals surface area contributed by atoms with E-state index in [0.717, 1.165) is 11.3 Å².